The molecule has 0 unspecified atom stereocenters. The summed E-state index contributed by atoms with van der Waals surface area (Å²) in [6, 6.07) is 6.00. The van der Waals surface area contributed by atoms with Gasteiger partial charge in [0, 0.05) is 26.0 Å². The summed E-state index contributed by atoms with van der Waals surface area (Å²) in [5.41, 5.74) is 1.20. The second-order valence-corrected chi connectivity index (χ2v) is 4.14. The Balaban J connectivity index is 2.40. The molecule has 1 aromatic carbocycles. The maximum Gasteiger partial charge on any atom is 0.200 e. The van der Waals surface area contributed by atoms with Crippen LogP contribution in [0.3, 0.4) is 0 Å². The second-order valence-electron chi connectivity index (χ2n) is 3.74. The third kappa shape index (κ3) is 3.07. The molecule has 0 aliphatic heterocycles. The topological polar surface area (TPSA) is 44.2 Å². The van der Waals surface area contributed by atoms with Crippen LogP contribution in [0.1, 0.15) is 12.0 Å². The largest absolute Gasteiger partial charge is 0.350 e. The summed E-state index contributed by atoms with van der Waals surface area (Å²) in [7, 11) is 3.04. The van der Waals surface area contributed by atoms with Gasteiger partial charge in [-0.15, -0.1) is 0 Å². The monoisotopic (exact) mass is 282 g/mol. The molecule has 4 nitrogen and oxygen atoms in total. The highest BCUT2D eigenvalue weighted by Gasteiger charge is 2.13. The van der Waals surface area contributed by atoms with Crippen LogP contribution in [0.5, 0.6) is 0 Å². The lowest BCUT2D eigenvalue weighted by Gasteiger charge is -2.13. The second kappa shape index (κ2) is 6.06. The highest BCUT2D eigenvalue weighted by atomic mass is 35.5. The van der Waals surface area contributed by atoms with E-state index in [0.717, 1.165) is 0 Å². The Bertz CT molecular complexity index is 576. The average Bonchev–Trinajstić information content (AvgIpc) is 2.44. The first kappa shape index (κ1) is 13.9. The zero-order chi connectivity index (χ0) is 13.8. The molecular formula is C13H12ClFN2O2. The van der Waals surface area contributed by atoms with Crippen LogP contribution < -0.4 is 0 Å². The predicted octanol–water partition coefficient (Wildman–Crippen LogP) is 3.23. The first-order valence-electron chi connectivity index (χ1n) is 5.49. The van der Waals surface area contributed by atoms with E-state index in [0.29, 0.717) is 17.1 Å². The smallest absolute Gasteiger partial charge is 0.200 e. The molecule has 0 aliphatic rings. The van der Waals surface area contributed by atoms with E-state index in [2.05, 4.69) is 9.97 Å². The average molecular weight is 283 g/mol. The van der Waals surface area contributed by atoms with Crippen molar-refractivity contribution in [2.45, 2.75) is 6.29 Å². The summed E-state index contributed by atoms with van der Waals surface area (Å²) >= 11 is 5.74. The van der Waals surface area contributed by atoms with E-state index in [1.807, 2.05) is 0 Å². The molecular weight excluding hydrogens is 271 g/mol. The van der Waals surface area contributed by atoms with E-state index in [1.54, 1.807) is 18.3 Å². The van der Waals surface area contributed by atoms with Crippen LogP contribution in [0.15, 0.2) is 30.5 Å². The quantitative estimate of drug-likeness (QED) is 0.808. The van der Waals surface area contributed by atoms with Crippen molar-refractivity contribution in [3.8, 4) is 11.4 Å². The number of benzene rings is 1. The number of hydrogen-bond acceptors (Lipinski definition) is 4. The fourth-order valence-electron chi connectivity index (χ4n) is 1.62. The molecule has 100 valence electrons. The number of nitrogens with zero attached hydrogens (tertiary/aromatic N) is 2. The van der Waals surface area contributed by atoms with Crippen molar-refractivity contribution >= 4 is 11.6 Å². The number of aromatic nitrogens is 2. The van der Waals surface area contributed by atoms with Crippen LogP contribution >= 0.6 is 11.6 Å². The third-order valence-corrected chi connectivity index (χ3v) is 2.81. The molecule has 0 atom stereocenters. The summed E-state index contributed by atoms with van der Waals surface area (Å²) in [6.45, 7) is 0. The number of ether oxygens (including phenoxy) is 2. The fourth-order valence-corrected chi connectivity index (χ4v) is 1.80. The lowest BCUT2D eigenvalue weighted by Crippen LogP contribution is -2.07. The van der Waals surface area contributed by atoms with Crippen molar-refractivity contribution in [3.05, 3.63) is 47.0 Å². The highest BCUT2D eigenvalue weighted by Crippen LogP contribution is 2.23. The van der Waals surface area contributed by atoms with E-state index in [-0.39, 0.29) is 5.02 Å². The predicted molar refractivity (Wildman–Crippen MR) is 69.2 cm³/mol. The normalized spacial score (nSPS) is 11.0. The molecule has 0 amide bonds. The first-order chi connectivity index (χ1) is 9.15. The maximum atomic E-state index is 13.1. The molecule has 0 radical (unpaired) electrons. The number of halogens is 2. The van der Waals surface area contributed by atoms with Crippen molar-refractivity contribution in [2.75, 3.05) is 14.2 Å². The molecule has 0 saturated carbocycles. The van der Waals surface area contributed by atoms with Crippen molar-refractivity contribution in [3.63, 3.8) is 0 Å². The van der Waals surface area contributed by atoms with Crippen molar-refractivity contribution < 1.29 is 13.9 Å². The van der Waals surface area contributed by atoms with Gasteiger partial charge < -0.3 is 9.47 Å². The molecule has 0 N–H and O–H groups in total. The molecule has 0 aliphatic carbocycles. The van der Waals surface area contributed by atoms with Crippen LogP contribution in [0.2, 0.25) is 5.02 Å². The zero-order valence-electron chi connectivity index (χ0n) is 10.4. The van der Waals surface area contributed by atoms with Crippen LogP contribution in [0.25, 0.3) is 11.4 Å². The molecule has 0 saturated heterocycles. The summed E-state index contributed by atoms with van der Waals surface area (Å²) in [5, 5.41) is 0.0292. The molecule has 1 heterocycles. The van der Waals surface area contributed by atoms with Gasteiger partial charge in [0.25, 0.3) is 0 Å². The van der Waals surface area contributed by atoms with Crippen molar-refractivity contribution in [1.29, 1.82) is 0 Å². The molecule has 0 bridgehead atoms. The van der Waals surface area contributed by atoms with Gasteiger partial charge in [0.1, 0.15) is 11.5 Å². The van der Waals surface area contributed by atoms with Crippen molar-refractivity contribution in [2.24, 2.45) is 0 Å². The third-order valence-electron chi connectivity index (χ3n) is 2.52. The Hall–Kier alpha value is -1.56. The van der Waals surface area contributed by atoms with E-state index in [1.165, 1.54) is 26.4 Å². The van der Waals surface area contributed by atoms with Crippen LogP contribution in [-0.2, 0) is 9.47 Å². The summed E-state index contributed by atoms with van der Waals surface area (Å²) in [5.74, 6) is -0.0493. The van der Waals surface area contributed by atoms with Crippen molar-refractivity contribution in [1.82, 2.24) is 9.97 Å². The van der Waals surface area contributed by atoms with E-state index in [9.17, 15) is 4.39 Å². The number of hydrogen-bond donors (Lipinski definition) is 0. The molecule has 2 rings (SSSR count). The van der Waals surface area contributed by atoms with Gasteiger partial charge in [-0.25, -0.2) is 14.4 Å². The minimum Gasteiger partial charge on any atom is -0.350 e. The van der Waals surface area contributed by atoms with Gasteiger partial charge in [0.15, 0.2) is 5.82 Å². The molecule has 0 spiro atoms. The summed E-state index contributed by atoms with van der Waals surface area (Å²) < 4.78 is 23.4. The Morgan fingerprint density at radius 2 is 1.95 bits per heavy atom. The zero-order valence-corrected chi connectivity index (χ0v) is 11.2. The van der Waals surface area contributed by atoms with Gasteiger partial charge >= 0.3 is 0 Å². The van der Waals surface area contributed by atoms with Gasteiger partial charge in [-0.1, -0.05) is 11.6 Å². The lowest BCUT2D eigenvalue weighted by atomic mass is 10.2. The van der Waals surface area contributed by atoms with Gasteiger partial charge in [0.05, 0.1) is 5.02 Å². The van der Waals surface area contributed by atoms with Gasteiger partial charge in [0.2, 0.25) is 6.29 Å². The van der Waals surface area contributed by atoms with Gasteiger partial charge in [-0.05, 0) is 24.3 Å². The standard InChI is InChI=1S/C13H12ClFN2O2/c1-18-13(19-2)11-5-6-16-12(17-11)8-3-4-10(15)9(14)7-8/h3-7,13H,1-2H3. The summed E-state index contributed by atoms with van der Waals surface area (Å²) in [6.07, 6.45) is 1.01. The van der Waals surface area contributed by atoms with E-state index < -0.39 is 12.1 Å². The fraction of sp³-hybridized carbons (Fsp3) is 0.231. The Kier molecular flexibility index (Phi) is 4.42. The maximum absolute atomic E-state index is 13.1. The summed E-state index contributed by atoms with van der Waals surface area (Å²) in [4.78, 5) is 8.44. The number of methoxy groups -OCH3 is 2. The van der Waals surface area contributed by atoms with Crippen LogP contribution in [-0.4, -0.2) is 24.2 Å². The Morgan fingerprint density at radius 3 is 2.58 bits per heavy atom. The first-order valence-corrected chi connectivity index (χ1v) is 5.87. The van der Waals surface area contributed by atoms with Gasteiger partial charge in [-0.2, -0.15) is 0 Å². The Labute approximate surface area is 115 Å². The SMILES string of the molecule is COC(OC)c1ccnc(-c2ccc(F)c(Cl)c2)n1. The van der Waals surface area contributed by atoms with Crippen LogP contribution in [0.4, 0.5) is 4.39 Å². The minimum atomic E-state index is -0.572. The minimum absolute atomic E-state index is 0.0292. The number of rotatable bonds is 4. The van der Waals surface area contributed by atoms with E-state index in [4.69, 9.17) is 21.1 Å². The lowest BCUT2D eigenvalue weighted by molar-refractivity contribution is -0.108. The molecule has 19 heavy (non-hydrogen) atoms. The highest BCUT2D eigenvalue weighted by molar-refractivity contribution is 6.31. The molecule has 6 heteroatoms. The Morgan fingerprint density at radius 1 is 1.21 bits per heavy atom. The molecule has 0 fully saturated rings. The molecule has 1 aromatic heterocycles. The van der Waals surface area contributed by atoms with Gasteiger partial charge in [-0.3, -0.25) is 0 Å². The van der Waals surface area contributed by atoms with Crippen LogP contribution in [0, 0.1) is 5.82 Å². The van der Waals surface area contributed by atoms with E-state index >= 15 is 0 Å². The molecule has 2 aromatic rings.